The van der Waals surface area contributed by atoms with Crippen molar-refractivity contribution in [1.82, 2.24) is 9.88 Å². The second-order valence-electron chi connectivity index (χ2n) is 4.64. The molecule has 2 heterocycles. The molecule has 0 aliphatic heterocycles. The molecular weight excluding hydrogens is 272 g/mol. The second-order valence-corrected chi connectivity index (χ2v) is 5.62. The molecule has 0 aromatic carbocycles. The van der Waals surface area contributed by atoms with Gasteiger partial charge in [-0.3, -0.25) is 9.88 Å². The molecule has 4 nitrogen and oxygen atoms in total. The maximum Gasteiger partial charge on any atom is 0.339 e. The molecule has 5 heteroatoms. The molecule has 1 atom stereocenters. The van der Waals surface area contributed by atoms with E-state index in [9.17, 15) is 4.79 Å². The minimum absolute atomic E-state index is 0.345. The third-order valence-corrected chi connectivity index (χ3v) is 4.32. The number of hydrogen-bond acceptors (Lipinski definition) is 5. The molecule has 0 N–H and O–H groups in total. The first-order valence-corrected chi connectivity index (χ1v) is 7.26. The van der Waals surface area contributed by atoms with E-state index < -0.39 is 0 Å². The Morgan fingerprint density at radius 1 is 1.45 bits per heavy atom. The molecule has 0 radical (unpaired) electrons. The first kappa shape index (κ1) is 14.7. The van der Waals surface area contributed by atoms with Crippen molar-refractivity contribution < 1.29 is 9.53 Å². The summed E-state index contributed by atoms with van der Waals surface area (Å²) in [4.78, 5) is 19.2. The van der Waals surface area contributed by atoms with Crippen molar-refractivity contribution in [3.63, 3.8) is 0 Å². The van der Waals surface area contributed by atoms with Crippen molar-refractivity contribution in [3.05, 3.63) is 52.0 Å². The van der Waals surface area contributed by atoms with E-state index in [1.807, 2.05) is 6.07 Å². The monoisotopic (exact) mass is 290 g/mol. The lowest BCUT2D eigenvalue weighted by Gasteiger charge is -2.23. The molecule has 2 aromatic rings. The number of nitrogens with zero attached hydrogens (tertiary/aromatic N) is 2. The van der Waals surface area contributed by atoms with Crippen LogP contribution in [0.3, 0.4) is 0 Å². The predicted octanol–water partition coefficient (Wildman–Crippen LogP) is 3.12. The number of hydrogen-bond donors (Lipinski definition) is 0. The summed E-state index contributed by atoms with van der Waals surface area (Å²) in [5.74, 6) is -0.357. The lowest BCUT2D eigenvalue weighted by Crippen LogP contribution is -2.21. The zero-order chi connectivity index (χ0) is 14.5. The van der Waals surface area contributed by atoms with Gasteiger partial charge in [0.05, 0.1) is 18.4 Å². The number of esters is 1. The zero-order valence-corrected chi connectivity index (χ0v) is 12.7. The number of aromatic nitrogens is 1. The third-order valence-electron chi connectivity index (χ3n) is 3.27. The lowest BCUT2D eigenvalue weighted by molar-refractivity contribution is 0.0600. The van der Waals surface area contributed by atoms with E-state index in [1.165, 1.54) is 12.0 Å². The molecule has 0 aliphatic rings. The summed E-state index contributed by atoms with van der Waals surface area (Å²) in [6.07, 6.45) is 1.56. The third kappa shape index (κ3) is 3.43. The number of methoxy groups -OCH3 is 1. The van der Waals surface area contributed by atoms with E-state index in [-0.39, 0.29) is 5.97 Å². The van der Waals surface area contributed by atoms with Crippen LogP contribution in [0.4, 0.5) is 0 Å². The fraction of sp³-hybridized carbons (Fsp3) is 0.333. The van der Waals surface area contributed by atoms with Crippen molar-refractivity contribution in [2.45, 2.75) is 19.5 Å². The molecule has 0 saturated carbocycles. The van der Waals surface area contributed by atoms with Crippen LogP contribution in [0.15, 0.2) is 35.8 Å². The van der Waals surface area contributed by atoms with Gasteiger partial charge >= 0.3 is 5.97 Å². The Morgan fingerprint density at radius 3 is 2.80 bits per heavy atom. The quantitative estimate of drug-likeness (QED) is 0.793. The molecule has 0 spiro atoms. The van der Waals surface area contributed by atoms with Crippen LogP contribution in [0, 0.1) is 0 Å². The normalized spacial score (nSPS) is 12.4. The smallest absolute Gasteiger partial charge is 0.339 e. The first-order chi connectivity index (χ1) is 9.61. The summed E-state index contributed by atoms with van der Waals surface area (Å²) in [5.41, 5.74) is 1.41. The van der Waals surface area contributed by atoms with Gasteiger partial charge in [-0.15, -0.1) is 11.3 Å². The Morgan fingerprint density at radius 2 is 2.25 bits per heavy atom. The Bertz CT molecular complexity index is 552. The van der Waals surface area contributed by atoms with Gasteiger partial charge in [0.25, 0.3) is 0 Å². The highest BCUT2D eigenvalue weighted by atomic mass is 32.1. The van der Waals surface area contributed by atoms with Crippen molar-refractivity contribution in [2.24, 2.45) is 0 Å². The summed E-state index contributed by atoms with van der Waals surface area (Å²) < 4.78 is 4.66. The van der Waals surface area contributed by atoms with Crippen LogP contribution in [0.2, 0.25) is 0 Å². The van der Waals surface area contributed by atoms with Crippen LogP contribution < -0.4 is 0 Å². The summed E-state index contributed by atoms with van der Waals surface area (Å²) >= 11 is 1.76. The van der Waals surface area contributed by atoms with Crippen molar-refractivity contribution in [2.75, 3.05) is 14.2 Å². The molecule has 106 valence electrons. The summed E-state index contributed by atoms with van der Waals surface area (Å²) in [5, 5.41) is 2.09. The summed E-state index contributed by atoms with van der Waals surface area (Å²) in [7, 11) is 3.44. The summed E-state index contributed by atoms with van der Waals surface area (Å²) in [6, 6.07) is 8.16. The molecule has 0 amide bonds. The fourth-order valence-corrected chi connectivity index (χ4v) is 2.74. The van der Waals surface area contributed by atoms with Crippen molar-refractivity contribution in [1.29, 1.82) is 0 Å². The molecule has 0 saturated heterocycles. The van der Waals surface area contributed by atoms with E-state index in [4.69, 9.17) is 0 Å². The first-order valence-electron chi connectivity index (χ1n) is 6.38. The molecule has 2 rings (SSSR count). The molecule has 1 unspecified atom stereocenters. The Hall–Kier alpha value is -1.72. The number of rotatable bonds is 5. The van der Waals surface area contributed by atoms with Gasteiger partial charge in [0.1, 0.15) is 0 Å². The predicted molar refractivity (Wildman–Crippen MR) is 79.8 cm³/mol. The maximum absolute atomic E-state index is 11.3. The van der Waals surface area contributed by atoms with E-state index in [1.54, 1.807) is 23.6 Å². The Balaban J connectivity index is 2.01. The van der Waals surface area contributed by atoms with Gasteiger partial charge in [-0.1, -0.05) is 6.07 Å². The van der Waals surface area contributed by atoms with Crippen LogP contribution in [-0.2, 0) is 11.3 Å². The molecule has 2 aromatic heterocycles. The van der Waals surface area contributed by atoms with Gasteiger partial charge in [-0.2, -0.15) is 0 Å². The standard InChI is InChI=1S/C15H18N2O2S/c1-11(14-5-4-8-20-14)17(2)10-13-7-6-12(9-16-13)15(18)19-3/h4-9,11H,10H2,1-3H3. The molecule has 0 bridgehead atoms. The van der Waals surface area contributed by atoms with Gasteiger partial charge in [0.15, 0.2) is 0 Å². The van der Waals surface area contributed by atoms with Gasteiger partial charge in [-0.05, 0) is 37.6 Å². The minimum Gasteiger partial charge on any atom is -0.465 e. The second kappa shape index (κ2) is 6.63. The van der Waals surface area contributed by atoms with E-state index in [0.717, 1.165) is 12.2 Å². The SMILES string of the molecule is COC(=O)c1ccc(CN(C)C(C)c2cccs2)nc1. The highest BCUT2D eigenvalue weighted by Gasteiger charge is 2.13. The maximum atomic E-state index is 11.3. The van der Waals surface area contributed by atoms with Gasteiger partial charge in [0, 0.05) is 23.7 Å². The molecule has 0 aliphatic carbocycles. The lowest BCUT2D eigenvalue weighted by atomic mass is 10.2. The highest BCUT2D eigenvalue weighted by Crippen LogP contribution is 2.24. The Kier molecular flexibility index (Phi) is 4.87. The van der Waals surface area contributed by atoms with Crippen LogP contribution in [0.25, 0.3) is 0 Å². The number of ether oxygens (including phenoxy) is 1. The highest BCUT2D eigenvalue weighted by molar-refractivity contribution is 7.10. The fourth-order valence-electron chi connectivity index (χ4n) is 1.90. The molecular formula is C15H18N2O2S. The van der Waals surface area contributed by atoms with Crippen molar-refractivity contribution >= 4 is 17.3 Å². The van der Waals surface area contributed by atoms with Crippen LogP contribution in [0.1, 0.15) is 33.9 Å². The average Bonchev–Trinajstić information content (AvgIpc) is 3.00. The van der Waals surface area contributed by atoms with Gasteiger partial charge < -0.3 is 4.74 Å². The average molecular weight is 290 g/mol. The Labute approximate surface area is 123 Å². The zero-order valence-electron chi connectivity index (χ0n) is 11.9. The van der Waals surface area contributed by atoms with E-state index in [0.29, 0.717) is 11.6 Å². The summed E-state index contributed by atoms with van der Waals surface area (Å²) in [6.45, 7) is 2.91. The van der Waals surface area contributed by atoms with Crippen molar-refractivity contribution in [3.8, 4) is 0 Å². The van der Waals surface area contributed by atoms with Gasteiger partial charge in [-0.25, -0.2) is 4.79 Å². The molecule has 0 fully saturated rings. The van der Waals surface area contributed by atoms with Gasteiger partial charge in [0.2, 0.25) is 0 Å². The van der Waals surface area contributed by atoms with Crippen LogP contribution in [0.5, 0.6) is 0 Å². The topological polar surface area (TPSA) is 42.4 Å². The number of pyridine rings is 1. The van der Waals surface area contributed by atoms with E-state index in [2.05, 4.69) is 46.1 Å². The largest absolute Gasteiger partial charge is 0.465 e. The van der Waals surface area contributed by atoms with Crippen LogP contribution >= 0.6 is 11.3 Å². The molecule has 20 heavy (non-hydrogen) atoms. The number of thiophene rings is 1. The number of carbonyl (C=O) groups is 1. The number of carbonyl (C=O) groups excluding carboxylic acids is 1. The minimum atomic E-state index is -0.357. The van der Waals surface area contributed by atoms with Crippen LogP contribution in [-0.4, -0.2) is 30.0 Å². The van der Waals surface area contributed by atoms with E-state index >= 15 is 0 Å².